The van der Waals surface area contributed by atoms with Gasteiger partial charge in [-0.1, -0.05) is 57.2 Å². The summed E-state index contributed by atoms with van der Waals surface area (Å²) in [6, 6.07) is 20.7. The molecule has 1 N–H and O–H groups in total. The first-order valence-corrected chi connectivity index (χ1v) is 12.3. The molecule has 176 valence electrons. The Morgan fingerprint density at radius 3 is 2.29 bits per heavy atom. The monoisotopic (exact) mass is 478 g/mol. The van der Waals surface area contributed by atoms with Gasteiger partial charge in [-0.2, -0.15) is 0 Å². The molecule has 0 bridgehead atoms. The average Bonchev–Trinajstić information content (AvgIpc) is 3.24. The van der Waals surface area contributed by atoms with E-state index in [9.17, 15) is 13.2 Å². The standard InChI is InChI=1S/C26H26N2O5S/c1-26(2,3)20-12-14-21(15-13-20)34(30,31)27-16-18-8-10-19(11-9-18)25(29)32-17-24-28-22-6-4-5-7-23(22)33-24/h4-15,27H,16-17H2,1-3H3. The van der Waals surface area contributed by atoms with Crippen molar-refractivity contribution in [3.05, 3.63) is 95.4 Å². The van der Waals surface area contributed by atoms with Gasteiger partial charge in [-0.3, -0.25) is 0 Å². The summed E-state index contributed by atoms with van der Waals surface area (Å²) in [5, 5.41) is 0. The zero-order chi connectivity index (χ0) is 24.3. The minimum atomic E-state index is -3.66. The number of para-hydroxylation sites is 2. The van der Waals surface area contributed by atoms with Crippen LogP contribution in [0, 0.1) is 0 Å². The van der Waals surface area contributed by atoms with Crippen LogP contribution in [0.4, 0.5) is 0 Å². The number of carbonyl (C=O) groups excluding carboxylic acids is 1. The number of ether oxygens (including phenoxy) is 1. The number of hydrogen-bond donors (Lipinski definition) is 1. The molecule has 8 heteroatoms. The van der Waals surface area contributed by atoms with Crippen LogP contribution in [0.2, 0.25) is 0 Å². The van der Waals surface area contributed by atoms with E-state index in [2.05, 4.69) is 30.5 Å². The van der Waals surface area contributed by atoms with Crippen molar-refractivity contribution in [2.75, 3.05) is 0 Å². The van der Waals surface area contributed by atoms with Gasteiger partial charge in [-0.25, -0.2) is 22.9 Å². The van der Waals surface area contributed by atoms with Crippen LogP contribution in [-0.4, -0.2) is 19.4 Å². The smallest absolute Gasteiger partial charge is 0.338 e. The van der Waals surface area contributed by atoms with Crippen LogP contribution in [-0.2, 0) is 33.3 Å². The van der Waals surface area contributed by atoms with Gasteiger partial charge in [-0.05, 0) is 52.9 Å². The molecule has 7 nitrogen and oxygen atoms in total. The quantitative estimate of drug-likeness (QED) is 0.377. The largest absolute Gasteiger partial charge is 0.452 e. The third kappa shape index (κ3) is 5.52. The zero-order valence-corrected chi connectivity index (χ0v) is 20.1. The topological polar surface area (TPSA) is 98.5 Å². The number of esters is 1. The fourth-order valence-electron chi connectivity index (χ4n) is 3.35. The van der Waals surface area contributed by atoms with E-state index >= 15 is 0 Å². The molecule has 0 radical (unpaired) electrons. The SMILES string of the molecule is CC(C)(C)c1ccc(S(=O)(=O)NCc2ccc(C(=O)OCc3nc4ccccc4o3)cc2)cc1. The fraction of sp³-hybridized carbons (Fsp3) is 0.231. The van der Waals surface area contributed by atoms with Crippen LogP contribution in [0.5, 0.6) is 0 Å². The highest BCUT2D eigenvalue weighted by molar-refractivity contribution is 7.89. The normalized spacial score (nSPS) is 12.1. The Morgan fingerprint density at radius 1 is 0.971 bits per heavy atom. The third-order valence-electron chi connectivity index (χ3n) is 5.35. The van der Waals surface area contributed by atoms with Crippen LogP contribution < -0.4 is 4.72 Å². The van der Waals surface area contributed by atoms with Gasteiger partial charge >= 0.3 is 5.97 Å². The lowest BCUT2D eigenvalue weighted by Gasteiger charge is -2.19. The highest BCUT2D eigenvalue weighted by Gasteiger charge is 2.18. The Hall–Kier alpha value is -3.49. The van der Waals surface area contributed by atoms with E-state index in [4.69, 9.17) is 9.15 Å². The summed E-state index contributed by atoms with van der Waals surface area (Å²) in [6.45, 7) is 6.24. The lowest BCUT2D eigenvalue weighted by atomic mass is 9.87. The van der Waals surface area contributed by atoms with Crippen molar-refractivity contribution in [2.24, 2.45) is 0 Å². The molecule has 4 aromatic rings. The first-order chi connectivity index (χ1) is 16.1. The van der Waals surface area contributed by atoms with Crippen molar-refractivity contribution >= 4 is 27.1 Å². The molecule has 0 amide bonds. The summed E-state index contributed by atoms with van der Waals surface area (Å²) < 4.78 is 38.7. The minimum absolute atomic E-state index is 0.0544. The van der Waals surface area contributed by atoms with Crippen molar-refractivity contribution in [1.82, 2.24) is 9.71 Å². The van der Waals surface area contributed by atoms with E-state index in [1.165, 1.54) is 0 Å². The number of rotatable bonds is 7. The lowest BCUT2D eigenvalue weighted by molar-refractivity contribution is 0.0440. The number of sulfonamides is 1. The van der Waals surface area contributed by atoms with E-state index in [0.29, 0.717) is 28.1 Å². The molecule has 0 saturated carbocycles. The van der Waals surface area contributed by atoms with Gasteiger partial charge in [0.1, 0.15) is 5.52 Å². The van der Waals surface area contributed by atoms with Crippen LogP contribution >= 0.6 is 0 Å². The van der Waals surface area contributed by atoms with Crippen LogP contribution in [0.3, 0.4) is 0 Å². The van der Waals surface area contributed by atoms with Crippen LogP contribution in [0.15, 0.2) is 82.1 Å². The highest BCUT2D eigenvalue weighted by atomic mass is 32.2. The molecule has 0 saturated heterocycles. The number of nitrogens with zero attached hydrogens (tertiary/aromatic N) is 1. The van der Waals surface area contributed by atoms with Gasteiger partial charge in [0.15, 0.2) is 12.2 Å². The maximum absolute atomic E-state index is 12.6. The van der Waals surface area contributed by atoms with Gasteiger partial charge in [0, 0.05) is 6.54 Å². The summed E-state index contributed by atoms with van der Waals surface area (Å²) in [5.74, 6) is -0.204. The van der Waals surface area contributed by atoms with Gasteiger partial charge in [0.2, 0.25) is 15.9 Å². The maximum Gasteiger partial charge on any atom is 0.338 e. The lowest BCUT2D eigenvalue weighted by Crippen LogP contribution is -2.23. The fourth-order valence-corrected chi connectivity index (χ4v) is 4.36. The second-order valence-electron chi connectivity index (χ2n) is 8.95. The van der Waals surface area contributed by atoms with E-state index < -0.39 is 16.0 Å². The molecule has 34 heavy (non-hydrogen) atoms. The highest BCUT2D eigenvalue weighted by Crippen LogP contribution is 2.23. The van der Waals surface area contributed by atoms with E-state index in [0.717, 1.165) is 5.56 Å². The Bertz CT molecular complexity index is 1370. The summed E-state index contributed by atoms with van der Waals surface area (Å²) >= 11 is 0. The number of fused-ring (bicyclic) bond motifs is 1. The van der Waals surface area contributed by atoms with Crippen molar-refractivity contribution in [2.45, 2.75) is 44.2 Å². The second kappa shape index (κ2) is 9.40. The summed E-state index contributed by atoms with van der Waals surface area (Å²) in [6.07, 6.45) is 0. The van der Waals surface area contributed by atoms with E-state index in [1.807, 2.05) is 30.3 Å². The van der Waals surface area contributed by atoms with E-state index in [-0.39, 0.29) is 23.5 Å². The second-order valence-corrected chi connectivity index (χ2v) is 10.7. The van der Waals surface area contributed by atoms with Gasteiger partial charge in [0.05, 0.1) is 10.5 Å². The number of oxazole rings is 1. The Morgan fingerprint density at radius 2 is 1.65 bits per heavy atom. The summed E-state index contributed by atoms with van der Waals surface area (Å²) in [5.41, 5.74) is 3.40. The molecule has 0 aliphatic heterocycles. The van der Waals surface area contributed by atoms with Crippen LogP contribution in [0.1, 0.15) is 48.1 Å². The van der Waals surface area contributed by atoms with Crippen molar-refractivity contribution in [3.63, 3.8) is 0 Å². The first-order valence-electron chi connectivity index (χ1n) is 10.8. The van der Waals surface area contributed by atoms with Crippen molar-refractivity contribution in [1.29, 1.82) is 0 Å². The average molecular weight is 479 g/mol. The molecule has 0 atom stereocenters. The molecule has 1 heterocycles. The Balaban J connectivity index is 1.33. The molecule has 3 aromatic carbocycles. The molecule has 4 rings (SSSR count). The van der Waals surface area contributed by atoms with Crippen LogP contribution in [0.25, 0.3) is 11.1 Å². The molecule has 0 fully saturated rings. The zero-order valence-electron chi connectivity index (χ0n) is 19.2. The predicted molar refractivity (Wildman–Crippen MR) is 129 cm³/mol. The molecule has 0 unspecified atom stereocenters. The van der Waals surface area contributed by atoms with Gasteiger partial charge < -0.3 is 9.15 Å². The molecule has 0 aliphatic carbocycles. The summed E-state index contributed by atoms with van der Waals surface area (Å²) in [4.78, 5) is 16.8. The molecular weight excluding hydrogens is 452 g/mol. The predicted octanol–water partition coefficient (Wildman–Crippen LogP) is 4.96. The first kappa shape index (κ1) is 23.7. The molecule has 1 aromatic heterocycles. The van der Waals surface area contributed by atoms with Gasteiger partial charge in [-0.15, -0.1) is 0 Å². The number of hydrogen-bond acceptors (Lipinski definition) is 6. The number of aromatic nitrogens is 1. The number of benzene rings is 3. The molecule has 0 aliphatic rings. The third-order valence-corrected chi connectivity index (χ3v) is 6.77. The maximum atomic E-state index is 12.6. The Labute approximate surface area is 198 Å². The number of nitrogens with one attached hydrogen (secondary N) is 1. The van der Waals surface area contributed by atoms with Gasteiger partial charge in [0.25, 0.3) is 0 Å². The van der Waals surface area contributed by atoms with E-state index in [1.54, 1.807) is 42.5 Å². The Kier molecular flexibility index (Phi) is 6.54. The van der Waals surface area contributed by atoms with Crippen molar-refractivity contribution < 1.29 is 22.4 Å². The van der Waals surface area contributed by atoms with Crippen molar-refractivity contribution in [3.8, 4) is 0 Å². The molecule has 0 spiro atoms. The summed E-state index contributed by atoms with van der Waals surface area (Å²) in [7, 11) is -3.66. The molecular formula is C26H26N2O5S. The minimum Gasteiger partial charge on any atom is -0.452 e. The number of carbonyl (C=O) groups is 1.